The fourth-order valence-corrected chi connectivity index (χ4v) is 4.10. The van der Waals surface area contributed by atoms with E-state index in [1.54, 1.807) is 16.8 Å². The highest BCUT2D eigenvalue weighted by Gasteiger charge is 2.28. The number of aromatic nitrogens is 4. The SMILES string of the molecule is O=c1ccc(C2CC2)nn1C1CCC(Nc2ncnc3ccc(F)cc23)CC1. The van der Waals surface area contributed by atoms with Crippen LogP contribution >= 0.6 is 0 Å². The highest BCUT2D eigenvalue weighted by molar-refractivity contribution is 5.88. The maximum atomic E-state index is 13.6. The van der Waals surface area contributed by atoms with Crippen molar-refractivity contribution in [2.75, 3.05) is 5.32 Å². The third-order valence-corrected chi connectivity index (χ3v) is 5.82. The van der Waals surface area contributed by atoms with Crippen LogP contribution in [0.25, 0.3) is 10.9 Å². The number of hydrogen-bond acceptors (Lipinski definition) is 5. The molecule has 28 heavy (non-hydrogen) atoms. The van der Waals surface area contributed by atoms with Gasteiger partial charge in [0.15, 0.2) is 0 Å². The van der Waals surface area contributed by atoms with E-state index in [9.17, 15) is 9.18 Å². The Morgan fingerprint density at radius 1 is 1.00 bits per heavy atom. The van der Waals surface area contributed by atoms with E-state index in [4.69, 9.17) is 0 Å². The minimum atomic E-state index is -0.296. The van der Waals surface area contributed by atoms with Crippen LogP contribution in [-0.2, 0) is 0 Å². The molecule has 3 aromatic rings. The Morgan fingerprint density at radius 2 is 1.82 bits per heavy atom. The second kappa shape index (κ2) is 6.96. The van der Waals surface area contributed by atoms with Crippen LogP contribution in [0.2, 0.25) is 0 Å². The second-order valence-electron chi connectivity index (χ2n) is 7.85. The molecule has 0 radical (unpaired) electrons. The van der Waals surface area contributed by atoms with Crippen LogP contribution in [0.5, 0.6) is 0 Å². The van der Waals surface area contributed by atoms with Gasteiger partial charge in [-0.15, -0.1) is 0 Å². The summed E-state index contributed by atoms with van der Waals surface area (Å²) in [6.45, 7) is 0. The number of anilines is 1. The zero-order chi connectivity index (χ0) is 19.1. The van der Waals surface area contributed by atoms with Crippen LogP contribution in [-0.4, -0.2) is 25.8 Å². The summed E-state index contributed by atoms with van der Waals surface area (Å²) in [5.74, 6) is 0.908. The number of rotatable bonds is 4. The topological polar surface area (TPSA) is 72.7 Å². The number of fused-ring (bicyclic) bond motifs is 1. The van der Waals surface area contributed by atoms with Crippen molar-refractivity contribution in [3.8, 4) is 0 Å². The normalized spacial score (nSPS) is 22.3. The van der Waals surface area contributed by atoms with Gasteiger partial charge in [0.2, 0.25) is 0 Å². The first-order chi connectivity index (χ1) is 13.7. The average Bonchev–Trinajstić information content (AvgIpc) is 3.55. The molecule has 2 aliphatic carbocycles. The van der Waals surface area contributed by atoms with E-state index in [1.165, 1.54) is 31.3 Å². The van der Waals surface area contributed by atoms with Crippen LogP contribution in [0.4, 0.5) is 10.2 Å². The third kappa shape index (κ3) is 3.37. The van der Waals surface area contributed by atoms with Crippen LogP contribution in [0.15, 0.2) is 41.5 Å². The number of nitrogens with zero attached hydrogens (tertiary/aromatic N) is 4. The monoisotopic (exact) mass is 379 g/mol. The predicted octanol–water partition coefficient (Wildman–Crippen LogP) is 3.80. The summed E-state index contributed by atoms with van der Waals surface area (Å²) in [4.78, 5) is 20.8. The zero-order valence-corrected chi connectivity index (χ0v) is 15.5. The summed E-state index contributed by atoms with van der Waals surface area (Å²) in [6.07, 6.45) is 7.44. The van der Waals surface area contributed by atoms with Crippen LogP contribution < -0.4 is 10.9 Å². The molecule has 2 aromatic heterocycles. The first-order valence-corrected chi connectivity index (χ1v) is 9.94. The zero-order valence-electron chi connectivity index (χ0n) is 15.5. The molecule has 1 N–H and O–H groups in total. The van der Waals surface area contributed by atoms with Crippen LogP contribution in [0.3, 0.4) is 0 Å². The van der Waals surface area contributed by atoms with Gasteiger partial charge in [-0.1, -0.05) is 0 Å². The van der Waals surface area contributed by atoms with Gasteiger partial charge < -0.3 is 5.32 Å². The molecular weight excluding hydrogens is 357 g/mol. The molecule has 0 unspecified atom stereocenters. The lowest BCUT2D eigenvalue weighted by atomic mass is 9.91. The fraction of sp³-hybridized carbons (Fsp3) is 0.429. The van der Waals surface area contributed by atoms with Gasteiger partial charge in [0.25, 0.3) is 5.56 Å². The Kier molecular flexibility index (Phi) is 4.30. The predicted molar refractivity (Wildman–Crippen MR) is 105 cm³/mol. The summed E-state index contributed by atoms with van der Waals surface area (Å²) in [5.41, 5.74) is 1.76. The lowest BCUT2D eigenvalue weighted by Gasteiger charge is -2.30. The summed E-state index contributed by atoms with van der Waals surface area (Å²) >= 11 is 0. The van der Waals surface area contributed by atoms with Crippen molar-refractivity contribution in [2.24, 2.45) is 0 Å². The van der Waals surface area contributed by atoms with Crippen molar-refractivity contribution < 1.29 is 4.39 Å². The van der Waals surface area contributed by atoms with Crippen molar-refractivity contribution in [1.29, 1.82) is 0 Å². The Bertz CT molecular complexity index is 1070. The Morgan fingerprint density at radius 3 is 2.61 bits per heavy atom. The molecule has 0 aliphatic heterocycles. The summed E-state index contributed by atoms with van der Waals surface area (Å²) in [6, 6.07) is 8.46. The molecule has 0 atom stereocenters. The molecule has 7 heteroatoms. The van der Waals surface area contributed by atoms with Crippen molar-refractivity contribution in [1.82, 2.24) is 19.7 Å². The number of nitrogens with one attached hydrogen (secondary N) is 1. The molecule has 2 heterocycles. The second-order valence-corrected chi connectivity index (χ2v) is 7.85. The van der Waals surface area contributed by atoms with E-state index in [0.29, 0.717) is 17.1 Å². The molecule has 2 fully saturated rings. The lowest BCUT2D eigenvalue weighted by molar-refractivity contribution is 0.301. The summed E-state index contributed by atoms with van der Waals surface area (Å²) in [7, 11) is 0. The van der Waals surface area contributed by atoms with Gasteiger partial charge in [0.1, 0.15) is 18.0 Å². The lowest BCUT2D eigenvalue weighted by Crippen LogP contribution is -2.33. The first-order valence-electron chi connectivity index (χ1n) is 9.94. The van der Waals surface area contributed by atoms with Gasteiger partial charge >= 0.3 is 0 Å². The Hall–Kier alpha value is -2.83. The highest BCUT2D eigenvalue weighted by Crippen LogP contribution is 2.39. The van der Waals surface area contributed by atoms with Crippen molar-refractivity contribution >= 4 is 16.7 Å². The van der Waals surface area contributed by atoms with Crippen molar-refractivity contribution in [2.45, 2.75) is 56.5 Å². The molecule has 2 aliphatic rings. The Balaban J connectivity index is 1.30. The van der Waals surface area contributed by atoms with E-state index < -0.39 is 0 Å². The average molecular weight is 379 g/mol. The molecule has 0 bridgehead atoms. The maximum Gasteiger partial charge on any atom is 0.267 e. The van der Waals surface area contributed by atoms with Crippen molar-refractivity contribution in [3.05, 3.63) is 58.5 Å². The van der Waals surface area contributed by atoms with E-state index in [-0.39, 0.29) is 23.5 Å². The van der Waals surface area contributed by atoms with Crippen LogP contribution in [0, 0.1) is 5.82 Å². The molecule has 144 valence electrons. The first kappa shape index (κ1) is 17.3. The van der Waals surface area contributed by atoms with Gasteiger partial charge in [-0.2, -0.15) is 5.10 Å². The molecule has 0 spiro atoms. The minimum Gasteiger partial charge on any atom is -0.367 e. The fourth-order valence-electron chi connectivity index (χ4n) is 4.10. The van der Waals surface area contributed by atoms with Crippen molar-refractivity contribution in [3.63, 3.8) is 0 Å². The maximum absolute atomic E-state index is 13.6. The molecule has 0 amide bonds. The molecule has 5 rings (SSSR count). The summed E-state index contributed by atoms with van der Waals surface area (Å²) < 4.78 is 15.3. The Labute approximate surface area is 161 Å². The molecular formula is C21H22FN5O. The van der Waals surface area contributed by atoms with Crippen LogP contribution in [0.1, 0.15) is 56.2 Å². The van der Waals surface area contributed by atoms with E-state index in [0.717, 1.165) is 36.9 Å². The number of hydrogen-bond donors (Lipinski definition) is 1. The minimum absolute atomic E-state index is 0.0157. The van der Waals surface area contributed by atoms with Gasteiger partial charge in [-0.25, -0.2) is 19.0 Å². The van der Waals surface area contributed by atoms with E-state index in [1.807, 2.05) is 6.07 Å². The van der Waals surface area contributed by atoms with Gasteiger partial charge in [0.05, 0.1) is 17.3 Å². The van der Waals surface area contributed by atoms with Gasteiger partial charge in [-0.05, 0) is 62.8 Å². The quantitative estimate of drug-likeness (QED) is 0.746. The largest absolute Gasteiger partial charge is 0.367 e. The van der Waals surface area contributed by atoms with E-state index in [2.05, 4.69) is 20.4 Å². The highest BCUT2D eigenvalue weighted by atomic mass is 19.1. The molecule has 6 nitrogen and oxygen atoms in total. The van der Waals surface area contributed by atoms with Gasteiger partial charge in [0, 0.05) is 23.4 Å². The number of benzene rings is 1. The molecule has 0 saturated heterocycles. The van der Waals surface area contributed by atoms with Gasteiger partial charge in [-0.3, -0.25) is 4.79 Å². The molecule has 2 saturated carbocycles. The smallest absolute Gasteiger partial charge is 0.267 e. The summed E-state index contributed by atoms with van der Waals surface area (Å²) in [5, 5.41) is 8.78. The molecule has 1 aromatic carbocycles. The van der Waals surface area contributed by atoms with E-state index >= 15 is 0 Å². The third-order valence-electron chi connectivity index (χ3n) is 5.82. The number of halogens is 1. The standard InChI is InChI=1S/C21H22FN5O/c22-14-3-8-19-17(11-14)21(24-12-23-19)25-15-4-6-16(7-5-15)27-20(28)10-9-18(26-27)13-1-2-13/h3,8-13,15-16H,1-2,4-7H2,(H,23,24,25).